The van der Waals surface area contributed by atoms with Gasteiger partial charge in [0.2, 0.25) is 5.91 Å². The maximum Gasteiger partial charge on any atom is 0.222 e. The maximum absolute atomic E-state index is 11.9. The van der Waals surface area contributed by atoms with E-state index in [0.29, 0.717) is 24.9 Å². The third-order valence-corrected chi connectivity index (χ3v) is 4.93. The van der Waals surface area contributed by atoms with E-state index in [1.807, 2.05) is 24.0 Å². The zero-order chi connectivity index (χ0) is 20.2. The molecule has 0 aromatic rings. The van der Waals surface area contributed by atoms with Gasteiger partial charge < -0.3 is 15.5 Å². The van der Waals surface area contributed by atoms with Crippen LogP contribution in [0.3, 0.4) is 0 Å². The van der Waals surface area contributed by atoms with Crippen molar-refractivity contribution in [3.05, 3.63) is 25.3 Å². The van der Waals surface area contributed by atoms with Crippen molar-refractivity contribution in [3.8, 4) is 0 Å². The normalized spacial score (nSPS) is 18.7. The summed E-state index contributed by atoms with van der Waals surface area (Å²) in [5, 5.41) is 6.85. The second kappa shape index (κ2) is 12.5. The summed E-state index contributed by atoms with van der Waals surface area (Å²) >= 11 is 0. The van der Waals surface area contributed by atoms with Crippen molar-refractivity contribution in [3.63, 3.8) is 0 Å². The van der Waals surface area contributed by atoms with Gasteiger partial charge in [-0.1, -0.05) is 32.9 Å². The molecule has 154 valence electrons. The minimum absolute atomic E-state index is 0.227. The van der Waals surface area contributed by atoms with Gasteiger partial charge in [-0.15, -0.1) is 13.2 Å². The summed E-state index contributed by atoms with van der Waals surface area (Å²) in [5.41, 5.74) is 0. The van der Waals surface area contributed by atoms with Crippen molar-refractivity contribution in [2.75, 3.05) is 39.3 Å². The number of nitrogens with zero attached hydrogens (tertiary/aromatic N) is 3. The quantitative estimate of drug-likeness (QED) is 0.329. The molecule has 1 amide bonds. The van der Waals surface area contributed by atoms with E-state index in [1.54, 1.807) is 0 Å². The Hall–Kier alpha value is -1.82. The van der Waals surface area contributed by atoms with E-state index in [4.69, 9.17) is 4.99 Å². The van der Waals surface area contributed by atoms with Crippen molar-refractivity contribution in [2.24, 2.45) is 10.9 Å². The number of rotatable bonds is 11. The predicted molar refractivity (Wildman–Crippen MR) is 115 cm³/mol. The van der Waals surface area contributed by atoms with Gasteiger partial charge in [0, 0.05) is 51.2 Å². The lowest BCUT2D eigenvalue weighted by molar-refractivity contribution is -0.129. The van der Waals surface area contributed by atoms with Crippen molar-refractivity contribution in [2.45, 2.75) is 52.6 Å². The first kappa shape index (κ1) is 23.2. The highest BCUT2D eigenvalue weighted by Gasteiger charge is 2.26. The Morgan fingerprint density at radius 2 is 1.96 bits per heavy atom. The van der Waals surface area contributed by atoms with Crippen LogP contribution in [0.4, 0.5) is 0 Å². The molecule has 1 aliphatic heterocycles. The molecule has 1 saturated heterocycles. The highest BCUT2D eigenvalue weighted by atomic mass is 16.2. The van der Waals surface area contributed by atoms with E-state index in [1.165, 1.54) is 0 Å². The van der Waals surface area contributed by atoms with Crippen LogP contribution in [0.1, 0.15) is 40.5 Å². The molecule has 0 spiro atoms. The summed E-state index contributed by atoms with van der Waals surface area (Å²) in [5.74, 6) is 1.53. The maximum atomic E-state index is 11.9. The number of carbonyl (C=O) groups excluding carboxylic acids is 1. The van der Waals surface area contributed by atoms with Crippen LogP contribution in [-0.4, -0.2) is 73.0 Å². The monoisotopic (exact) mass is 377 g/mol. The molecule has 27 heavy (non-hydrogen) atoms. The third-order valence-electron chi connectivity index (χ3n) is 4.93. The van der Waals surface area contributed by atoms with Gasteiger partial charge >= 0.3 is 0 Å². The zero-order valence-electron chi connectivity index (χ0n) is 17.7. The number of aliphatic imine (C=N–C) groups is 1. The number of hydrogen-bond acceptors (Lipinski definition) is 3. The summed E-state index contributed by atoms with van der Waals surface area (Å²) in [6.45, 7) is 20.9. The van der Waals surface area contributed by atoms with Gasteiger partial charge in [-0.05, 0) is 19.3 Å². The highest BCUT2D eigenvalue weighted by Crippen LogP contribution is 2.13. The minimum atomic E-state index is 0.227. The molecule has 1 fully saturated rings. The lowest BCUT2D eigenvalue weighted by atomic mass is 10.0. The average molecular weight is 378 g/mol. The number of amides is 1. The van der Waals surface area contributed by atoms with Crippen LogP contribution >= 0.6 is 0 Å². The van der Waals surface area contributed by atoms with E-state index in [-0.39, 0.29) is 11.9 Å². The number of hydrogen-bond donors (Lipinski definition) is 2. The molecule has 0 aromatic heterocycles. The first-order chi connectivity index (χ1) is 13.0. The Morgan fingerprint density at radius 1 is 1.30 bits per heavy atom. The summed E-state index contributed by atoms with van der Waals surface area (Å²) in [4.78, 5) is 21.0. The Labute approximate surface area is 165 Å². The zero-order valence-corrected chi connectivity index (χ0v) is 17.7. The molecule has 6 heteroatoms. The van der Waals surface area contributed by atoms with E-state index >= 15 is 0 Å². The average Bonchev–Trinajstić information content (AvgIpc) is 3.10. The molecule has 6 nitrogen and oxygen atoms in total. The van der Waals surface area contributed by atoms with E-state index in [0.717, 1.165) is 45.1 Å². The molecule has 0 radical (unpaired) electrons. The largest absolute Gasteiger partial charge is 0.357 e. The van der Waals surface area contributed by atoms with Crippen LogP contribution in [0.5, 0.6) is 0 Å². The van der Waals surface area contributed by atoms with Crippen LogP contribution in [0, 0.1) is 5.92 Å². The summed E-state index contributed by atoms with van der Waals surface area (Å²) in [6, 6.07) is 0.575. The summed E-state index contributed by atoms with van der Waals surface area (Å²) < 4.78 is 0. The molecule has 2 unspecified atom stereocenters. The van der Waals surface area contributed by atoms with E-state index < -0.39 is 0 Å². The van der Waals surface area contributed by atoms with Crippen molar-refractivity contribution in [1.82, 2.24) is 20.4 Å². The molecule has 0 saturated carbocycles. The van der Waals surface area contributed by atoms with Crippen LogP contribution in [0.25, 0.3) is 0 Å². The number of nitrogens with one attached hydrogen (secondary N) is 2. The predicted octanol–water partition coefficient (Wildman–Crippen LogP) is 2.25. The standard InChI is InChI=1S/C21H39N5O/c1-7-12-25(13-8-2)19(17(5)6)15-23-21(22-10-4)24-18-11-14-26(16-18)20(27)9-3/h7-8,17-19H,1-2,9-16H2,3-6H3,(H2,22,23,24). The van der Waals surface area contributed by atoms with Crippen LogP contribution in [0.15, 0.2) is 30.3 Å². The summed E-state index contributed by atoms with van der Waals surface area (Å²) in [6.07, 6.45) is 5.40. The minimum Gasteiger partial charge on any atom is -0.357 e. The fourth-order valence-electron chi connectivity index (χ4n) is 3.45. The molecular weight excluding hydrogens is 338 g/mol. The van der Waals surface area contributed by atoms with Crippen LogP contribution < -0.4 is 10.6 Å². The Morgan fingerprint density at radius 3 is 2.48 bits per heavy atom. The molecule has 1 aliphatic rings. The lowest BCUT2D eigenvalue weighted by Crippen LogP contribution is -2.46. The second-order valence-electron chi connectivity index (χ2n) is 7.39. The van der Waals surface area contributed by atoms with Gasteiger partial charge in [0.25, 0.3) is 0 Å². The number of carbonyl (C=O) groups is 1. The van der Waals surface area contributed by atoms with Crippen molar-refractivity contribution in [1.29, 1.82) is 0 Å². The van der Waals surface area contributed by atoms with Gasteiger partial charge in [0.1, 0.15) is 0 Å². The molecule has 2 N–H and O–H groups in total. The molecule has 1 heterocycles. The highest BCUT2D eigenvalue weighted by molar-refractivity contribution is 5.80. The molecule has 2 atom stereocenters. The Bertz CT molecular complexity index is 493. The van der Waals surface area contributed by atoms with Gasteiger partial charge in [-0.25, -0.2) is 0 Å². The molecule has 1 rings (SSSR count). The van der Waals surface area contributed by atoms with Gasteiger partial charge in [-0.3, -0.25) is 14.7 Å². The van der Waals surface area contributed by atoms with Crippen molar-refractivity contribution < 1.29 is 4.79 Å². The van der Waals surface area contributed by atoms with Gasteiger partial charge in [0.05, 0.1) is 6.54 Å². The van der Waals surface area contributed by atoms with Gasteiger partial charge in [0.15, 0.2) is 5.96 Å². The molecule has 0 aliphatic carbocycles. The van der Waals surface area contributed by atoms with Crippen molar-refractivity contribution >= 4 is 11.9 Å². The lowest BCUT2D eigenvalue weighted by Gasteiger charge is -2.32. The Kier molecular flexibility index (Phi) is 10.8. The third kappa shape index (κ3) is 7.75. The summed E-state index contributed by atoms with van der Waals surface area (Å²) in [7, 11) is 0. The molecule has 0 aromatic carbocycles. The van der Waals surface area contributed by atoms with Crippen LogP contribution in [-0.2, 0) is 4.79 Å². The number of likely N-dealkylation sites (tertiary alicyclic amines) is 1. The Balaban J connectivity index is 2.76. The molecular formula is C21H39N5O. The number of guanidine groups is 1. The smallest absolute Gasteiger partial charge is 0.222 e. The SMILES string of the molecule is C=CCN(CC=C)C(CN=C(NCC)NC1CCN(C(=O)CC)C1)C(C)C. The fraction of sp³-hybridized carbons (Fsp3) is 0.714. The van der Waals surface area contributed by atoms with E-state index in [9.17, 15) is 4.79 Å². The fourth-order valence-corrected chi connectivity index (χ4v) is 3.45. The second-order valence-corrected chi connectivity index (χ2v) is 7.39. The first-order valence-electron chi connectivity index (χ1n) is 10.2. The first-order valence-corrected chi connectivity index (χ1v) is 10.2. The van der Waals surface area contributed by atoms with Crippen LogP contribution in [0.2, 0.25) is 0 Å². The molecule has 0 bridgehead atoms. The topological polar surface area (TPSA) is 60.0 Å². The van der Waals surface area contributed by atoms with E-state index in [2.05, 4.69) is 49.5 Å². The van der Waals surface area contributed by atoms with Gasteiger partial charge in [-0.2, -0.15) is 0 Å².